The van der Waals surface area contributed by atoms with Gasteiger partial charge in [0.2, 0.25) is 5.91 Å². The summed E-state index contributed by atoms with van der Waals surface area (Å²) in [6.07, 6.45) is 0.469. The lowest BCUT2D eigenvalue weighted by molar-refractivity contribution is -0.385. The predicted octanol–water partition coefficient (Wildman–Crippen LogP) is 1.51. The van der Waals surface area contributed by atoms with Crippen molar-refractivity contribution < 1.29 is 9.72 Å². The van der Waals surface area contributed by atoms with Crippen LogP contribution in [-0.2, 0) is 4.79 Å². The molecule has 0 spiro atoms. The van der Waals surface area contributed by atoms with Gasteiger partial charge in [-0.25, -0.2) is 0 Å². The van der Waals surface area contributed by atoms with Crippen LogP contribution in [0.1, 0.15) is 23.5 Å². The molecular formula is C11H12N2O3. The summed E-state index contributed by atoms with van der Waals surface area (Å²) < 4.78 is 0. The smallest absolute Gasteiger partial charge is 0.272 e. The number of aryl methyl sites for hydroxylation is 1. The van der Waals surface area contributed by atoms with Crippen LogP contribution in [0.3, 0.4) is 0 Å². The Balaban J connectivity index is 2.27. The topological polar surface area (TPSA) is 72.2 Å². The summed E-state index contributed by atoms with van der Waals surface area (Å²) >= 11 is 0. The number of hydrogen-bond acceptors (Lipinski definition) is 3. The van der Waals surface area contributed by atoms with Gasteiger partial charge in [-0.3, -0.25) is 14.9 Å². The third kappa shape index (κ3) is 1.88. The molecule has 1 amide bonds. The van der Waals surface area contributed by atoms with Gasteiger partial charge in [-0.05, 0) is 18.6 Å². The van der Waals surface area contributed by atoms with Gasteiger partial charge < -0.3 is 5.32 Å². The van der Waals surface area contributed by atoms with E-state index in [1.165, 1.54) is 6.07 Å². The highest BCUT2D eigenvalue weighted by atomic mass is 16.6. The molecule has 0 saturated carbocycles. The van der Waals surface area contributed by atoms with Gasteiger partial charge in [0.25, 0.3) is 5.69 Å². The minimum atomic E-state index is -0.392. The Kier molecular flexibility index (Phi) is 2.60. The SMILES string of the molecule is Cc1cc(C2CNC(=O)C2)ccc1[N+](=O)[O-]. The van der Waals surface area contributed by atoms with E-state index in [-0.39, 0.29) is 17.5 Å². The zero-order chi connectivity index (χ0) is 11.7. The van der Waals surface area contributed by atoms with Crippen molar-refractivity contribution in [3.8, 4) is 0 Å². The molecule has 1 saturated heterocycles. The van der Waals surface area contributed by atoms with E-state index in [0.717, 1.165) is 5.56 Å². The van der Waals surface area contributed by atoms with Crippen molar-refractivity contribution in [1.82, 2.24) is 5.32 Å². The van der Waals surface area contributed by atoms with Gasteiger partial charge in [0.15, 0.2) is 0 Å². The van der Waals surface area contributed by atoms with Crippen molar-refractivity contribution in [1.29, 1.82) is 0 Å². The van der Waals surface area contributed by atoms with Crippen LogP contribution >= 0.6 is 0 Å². The fourth-order valence-corrected chi connectivity index (χ4v) is 1.98. The van der Waals surface area contributed by atoms with Gasteiger partial charge >= 0.3 is 0 Å². The minimum absolute atomic E-state index is 0.0426. The second-order valence-electron chi connectivity index (χ2n) is 4.01. The standard InChI is InChI=1S/C11H12N2O3/c1-7-4-8(2-3-10(7)13(15)16)9-5-11(14)12-6-9/h2-4,9H,5-6H2,1H3,(H,12,14). The van der Waals surface area contributed by atoms with Gasteiger partial charge in [-0.2, -0.15) is 0 Å². The summed E-state index contributed by atoms with van der Waals surface area (Å²) in [5.41, 5.74) is 1.75. The van der Waals surface area contributed by atoms with Gasteiger partial charge in [-0.15, -0.1) is 0 Å². The summed E-state index contributed by atoms with van der Waals surface area (Å²) in [6, 6.07) is 5.03. The van der Waals surface area contributed by atoms with Crippen LogP contribution in [0.15, 0.2) is 18.2 Å². The fourth-order valence-electron chi connectivity index (χ4n) is 1.98. The number of rotatable bonds is 2. The Labute approximate surface area is 92.6 Å². The molecule has 5 nitrogen and oxygen atoms in total. The van der Waals surface area contributed by atoms with Crippen molar-refractivity contribution in [2.75, 3.05) is 6.54 Å². The molecule has 2 rings (SSSR count). The molecule has 1 aromatic carbocycles. The van der Waals surface area contributed by atoms with Crippen LogP contribution in [0.4, 0.5) is 5.69 Å². The van der Waals surface area contributed by atoms with Crippen LogP contribution in [0.5, 0.6) is 0 Å². The molecule has 1 N–H and O–H groups in total. The molecule has 1 fully saturated rings. The lowest BCUT2D eigenvalue weighted by Crippen LogP contribution is -2.13. The second kappa shape index (κ2) is 3.92. The second-order valence-corrected chi connectivity index (χ2v) is 4.01. The number of carbonyl (C=O) groups excluding carboxylic acids is 1. The van der Waals surface area contributed by atoms with Crippen LogP contribution < -0.4 is 5.32 Å². The molecule has 0 bridgehead atoms. The number of amides is 1. The largest absolute Gasteiger partial charge is 0.355 e. The third-order valence-corrected chi connectivity index (χ3v) is 2.87. The molecule has 1 unspecified atom stereocenters. The highest BCUT2D eigenvalue weighted by Crippen LogP contribution is 2.27. The summed E-state index contributed by atoms with van der Waals surface area (Å²) in [6.45, 7) is 2.34. The summed E-state index contributed by atoms with van der Waals surface area (Å²) in [4.78, 5) is 21.3. The van der Waals surface area contributed by atoms with Gasteiger partial charge in [0.1, 0.15) is 0 Å². The molecule has 5 heteroatoms. The van der Waals surface area contributed by atoms with E-state index in [0.29, 0.717) is 18.5 Å². The highest BCUT2D eigenvalue weighted by Gasteiger charge is 2.24. The number of nitro benzene ring substituents is 1. The van der Waals surface area contributed by atoms with E-state index in [9.17, 15) is 14.9 Å². The van der Waals surface area contributed by atoms with Crippen LogP contribution in [0, 0.1) is 17.0 Å². The summed E-state index contributed by atoms with van der Waals surface area (Å²) in [7, 11) is 0. The van der Waals surface area contributed by atoms with Crippen molar-refractivity contribution in [2.45, 2.75) is 19.3 Å². The van der Waals surface area contributed by atoms with E-state index in [4.69, 9.17) is 0 Å². The average Bonchev–Trinajstić information content (AvgIpc) is 2.64. The number of nitro groups is 1. The monoisotopic (exact) mass is 220 g/mol. The van der Waals surface area contributed by atoms with Crippen LogP contribution in [-0.4, -0.2) is 17.4 Å². The normalized spacial score (nSPS) is 19.6. The Bertz CT molecular complexity index is 457. The van der Waals surface area contributed by atoms with Crippen LogP contribution in [0.2, 0.25) is 0 Å². The number of benzene rings is 1. The molecule has 1 heterocycles. The van der Waals surface area contributed by atoms with Crippen molar-refractivity contribution in [3.63, 3.8) is 0 Å². The Morgan fingerprint density at radius 3 is 2.75 bits per heavy atom. The lowest BCUT2D eigenvalue weighted by Gasteiger charge is -2.08. The first-order chi connectivity index (χ1) is 7.58. The van der Waals surface area contributed by atoms with Crippen LogP contribution in [0.25, 0.3) is 0 Å². The number of nitrogens with zero attached hydrogens (tertiary/aromatic N) is 1. The first-order valence-corrected chi connectivity index (χ1v) is 5.09. The molecule has 16 heavy (non-hydrogen) atoms. The van der Waals surface area contributed by atoms with E-state index < -0.39 is 4.92 Å². The van der Waals surface area contributed by atoms with E-state index in [1.807, 2.05) is 0 Å². The maximum atomic E-state index is 11.1. The fraction of sp³-hybridized carbons (Fsp3) is 0.364. The first kappa shape index (κ1) is 10.6. The Morgan fingerprint density at radius 1 is 1.50 bits per heavy atom. The van der Waals surface area contributed by atoms with Crippen molar-refractivity contribution >= 4 is 11.6 Å². The van der Waals surface area contributed by atoms with Crippen molar-refractivity contribution in [2.24, 2.45) is 0 Å². The summed E-state index contributed by atoms with van der Waals surface area (Å²) in [5.74, 6) is 0.188. The zero-order valence-electron chi connectivity index (χ0n) is 8.90. The number of nitrogens with one attached hydrogen (secondary N) is 1. The lowest BCUT2D eigenvalue weighted by atomic mass is 9.96. The zero-order valence-corrected chi connectivity index (χ0v) is 8.90. The Hall–Kier alpha value is -1.91. The Morgan fingerprint density at radius 2 is 2.25 bits per heavy atom. The molecule has 0 radical (unpaired) electrons. The minimum Gasteiger partial charge on any atom is -0.355 e. The maximum absolute atomic E-state index is 11.1. The van der Waals surface area contributed by atoms with E-state index in [1.54, 1.807) is 19.1 Å². The molecule has 1 aliphatic heterocycles. The third-order valence-electron chi connectivity index (χ3n) is 2.87. The molecular weight excluding hydrogens is 208 g/mol. The van der Waals surface area contributed by atoms with E-state index in [2.05, 4.69) is 5.32 Å². The van der Waals surface area contributed by atoms with E-state index >= 15 is 0 Å². The summed E-state index contributed by atoms with van der Waals surface area (Å²) in [5, 5.41) is 13.4. The van der Waals surface area contributed by atoms with Gasteiger partial charge in [0, 0.05) is 30.5 Å². The molecule has 1 aliphatic rings. The predicted molar refractivity (Wildman–Crippen MR) is 58.2 cm³/mol. The molecule has 0 aromatic heterocycles. The molecule has 1 atom stereocenters. The van der Waals surface area contributed by atoms with Gasteiger partial charge in [-0.1, -0.05) is 6.07 Å². The molecule has 0 aliphatic carbocycles. The number of hydrogen-bond donors (Lipinski definition) is 1. The maximum Gasteiger partial charge on any atom is 0.272 e. The highest BCUT2D eigenvalue weighted by molar-refractivity contribution is 5.79. The quantitative estimate of drug-likeness (QED) is 0.606. The molecule has 84 valence electrons. The van der Waals surface area contributed by atoms with Crippen molar-refractivity contribution in [3.05, 3.63) is 39.4 Å². The number of carbonyl (C=O) groups is 1. The molecule has 1 aromatic rings. The van der Waals surface area contributed by atoms with Gasteiger partial charge in [0.05, 0.1) is 4.92 Å². The first-order valence-electron chi connectivity index (χ1n) is 5.09. The average molecular weight is 220 g/mol.